The molecule has 1 saturated carbocycles. The van der Waals surface area contributed by atoms with Crippen molar-refractivity contribution >= 4 is 38.0 Å². The van der Waals surface area contributed by atoms with Gasteiger partial charge in [0.1, 0.15) is 6.04 Å². The Balaban J connectivity index is 1.57. The molecule has 2 aliphatic rings. The second kappa shape index (κ2) is 9.58. The zero-order valence-corrected chi connectivity index (χ0v) is 22.5. The second-order valence-electron chi connectivity index (χ2n) is 10.5. The molecule has 0 spiro atoms. The first-order chi connectivity index (χ1) is 17.7. The largest absolute Gasteiger partial charge is 0.404 e. The maximum Gasteiger partial charge on any atom is 0.404 e. The van der Waals surface area contributed by atoms with Crippen LogP contribution in [0.25, 0.3) is 21.2 Å². The predicted molar refractivity (Wildman–Crippen MR) is 138 cm³/mol. The minimum atomic E-state index is -4.73. The number of rotatable bonds is 7. The van der Waals surface area contributed by atoms with E-state index in [2.05, 4.69) is 0 Å². The number of β-amino-alcohol motifs (C(OH)–C–C–N with tert-alkyl or cyclic N) is 1. The molecule has 38 heavy (non-hydrogen) atoms. The number of benzene rings is 2. The Bertz CT molecular complexity index is 1490. The van der Waals surface area contributed by atoms with E-state index < -0.39 is 27.8 Å². The molecule has 1 saturated heterocycles. The summed E-state index contributed by atoms with van der Waals surface area (Å²) >= 11 is 1.22. The molecule has 3 aromatic rings. The fourth-order valence-corrected chi connectivity index (χ4v) is 7.43. The Kier molecular flexibility index (Phi) is 6.82. The number of aliphatic hydroxyl groups is 1. The summed E-state index contributed by atoms with van der Waals surface area (Å²) in [6.07, 6.45) is -0.783. The van der Waals surface area contributed by atoms with E-state index in [1.807, 2.05) is 0 Å². The van der Waals surface area contributed by atoms with Crippen LogP contribution in [0.15, 0.2) is 41.3 Å². The van der Waals surface area contributed by atoms with Gasteiger partial charge in [-0.25, -0.2) is 13.4 Å². The van der Waals surface area contributed by atoms with Crippen molar-refractivity contribution in [2.45, 2.75) is 62.2 Å². The number of likely N-dealkylation sites (tertiary alicyclic amines) is 1. The number of alkyl halides is 3. The van der Waals surface area contributed by atoms with Crippen LogP contribution in [-0.4, -0.2) is 60.2 Å². The van der Waals surface area contributed by atoms with E-state index in [4.69, 9.17) is 4.98 Å². The van der Waals surface area contributed by atoms with Crippen molar-refractivity contribution in [1.82, 2.24) is 14.6 Å². The van der Waals surface area contributed by atoms with E-state index in [9.17, 15) is 31.5 Å². The minimum Gasteiger partial charge on any atom is -0.386 e. The predicted octanol–water partition coefficient (Wildman–Crippen LogP) is 4.74. The molecule has 0 bridgehead atoms. The molecule has 1 atom stereocenters. The third-order valence-corrected chi connectivity index (χ3v) is 9.90. The molecule has 2 fully saturated rings. The number of nitrogens with zero attached hydrogens (tertiary/aromatic N) is 2. The summed E-state index contributed by atoms with van der Waals surface area (Å²) < 4.78 is 67.0. The highest BCUT2D eigenvalue weighted by molar-refractivity contribution is 7.89. The molecule has 1 aromatic heterocycles. The molecule has 2 aromatic carbocycles. The fourth-order valence-electron chi connectivity index (χ4n) is 4.88. The lowest BCUT2D eigenvalue weighted by Gasteiger charge is -2.43. The van der Waals surface area contributed by atoms with Crippen molar-refractivity contribution in [3.05, 3.63) is 47.1 Å². The van der Waals surface area contributed by atoms with E-state index in [0.29, 0.717) is 28.3 Å². The highest BCUT2D eigenvalue weighted by Crippen LogP contribution is 2.41. The van der Waals surface area contributed by atoms with Crippen LogP contribution in [-0.2, 0) is 16.4 Å². The number of fused-ring (bicyclic) bond motifs is 1. The average Bonchev–Trinajstić information content (AvgIpc) is 3.21. The minimum absolute atomic E-state index is 0.220. The number of amides is 1. The molecule has 7 nitrogen and oxygen atoms in total. The van der Waals surface area contributed by atoms with Crippen molar-refractivity contribution in [3.63, 3.8) is 0 Å². The van der Waals surface area contributed by atoms with Crippen molar-refractivity contribution in [1.29, 1.82) is 0 Å². The van der Waals surface area contributed by atoms with E-state index in [-0.39, 0.29) is 29.3 Å². The zero-order valence-electron chi connectivity index (χ0n) is 20.9. The lowest BCUT2D eigenvalue weighted by atomic mass is 9.81. The first-order valence-corrected chi connectivity index (χ1v) is 14.7. The summed E-state index contributed by atoms with van der Waals surface area (Å²) in [5, 5.41) is 11.2. The molecule has 5 rings (SSSR count). The van der Waals surface area contributed by atoms with Gasteiger partial charge in [0.05, 0.1) is 34.2 Å². The number of hydrogen-bond donors (Lipinski definition) is 2. The SMILES string of the molecule is C[C@H](NS(=O)(=O)c1ccc(-c2sc(C(=O)N3CC(C)(O)C3)nc2CC2CCC2)c2ccccc12)C(F)(F)F. The lowest BCUT2D eigenvalue weighted by molar-refractivity contribution is -0.147. The topological polar surface area (TPSA) is 99.6 Å². The Labute approximate surface area is 222 Å². The average molecular weight is 568 g/mol. The van der Waals surface area contributed by atoms with E-state index in [1.54, 1.807) is 42.0 Å². The monoisotopic (exact) mass is 567 g/mol. The van der Waals surface area contributed by atoms with Crippen LogP contribution < -0.4 is 4.72 Å². The maximum absolute atomic E-state index is 13.1. The first-order valence-electron chi connectivity index (χ1n) is 12.4. The molecule has 0 radical (unpaired) electrons. The molecule has 12 heteroatoms. The van der Waals surface area contributed by atoms with E-state index in [1.165, 1.54) is 22.3 Å². The maximum atomic E-state index is 13.1. The Hall–Kier alpha value is -2.54. The van der Waals surface area contributed by atoms with Crippen LogP contribution in [0.4, 0.5) is 13.2 Å². The number of sulfonamides is 1. The van der Waals surface area contributed by atoms with Gasteiger partial charge in [-0.3, -0.25) is 4.79 Å². The number of carbonyl (C=O) groups is 1. The summed E-state index contributed by atoms with van der Waals surface area (Å²) in [6.45, 7) is 2.86. The van der Waals surface area contributed by atoms with Crippen LogP contribution in [0.1, 0.15) is 48.6 Å². The van der Waals surface area contributed by atoms with Gasteiger partial charge in [0.2, 0.25) is 10.0 Å². The normalized spacial score (nSPS) is 18.7. The molecule has 0 unspecified atom stereocenters. The summed E-state index contributed by atoms with van der Waals surface area (Å²) in [6, 6.07) is 7.28. The Morgan fingerprint density at radius 3 is 2.45 bits per heavy atom. The van der Waals surface area contributed by atoms with Crippen LogP contribution >= 0.6 is 11.3 Å². The van der Waals surface area contributed by atoms with Crippen molar-refractivity contribution < 1.29 is 31.5 Å². The Morgan fingerprint density at radius 2 is 1.87 bits per heavy atom. The standard InChI is InChI=1S/C26H28F3N3O4S2/c1-15(26(27,28)29)31-38(35,36)21-11-10-19(17-8-3-4-9-18(17)21)22-20(12-16-6-5-7-16)30-23(37-22)24(33)32-13-25(2,34)14-32/h3-4,8-11,15-16,31,34H,5-7,12-14H2,1-2H3/t15-/m0/s1. The number of aromatic nitrogens is 1. The lowest BCUT2D eigenvalue weighted by Crippen LogP contribution is -2.61. The fraction of sp³-hybridized carbons (Fsp3) is 0.462. The summed E-state index contributed by atoms with van der Waals surface area (Å²) in [5.74, 6) is 0.180. The van der Waals surface area contributed by atoms with Crippen LogP contribution in [0, 0.1) is 5.92 Å². The van der Waals surface area contributed by atoms with Gasteiger partial charge in [-0.1, -0.05) is 49.6 Å². The van der Waals surface area contributed by atoms with Gasteiger partial charge in [-0.2, -0.15) is 17.9 Å². The number of thiazole rings is 1. The van der Waals surface area contributed by atoms with Gasteiger partial charge in [-0.05, 0) is 37.6 Å². The molecule has 1 aliphatic heterocycles. The van der Waals surface area contributed by atoms with Crippen LogP contribution in [0.2, 0.25) is 0 Å². The quantitative estimate of drug-likeness (QED) is 0.430. The highest BCUT2D eigenvalue weighted by Gasteiger charge is 2.41. The van der Waals surface area contributed by atoms with Crippen molar-refractivity contribution in [3.8, 4) is 10.4 Å². The van der Waals surface area contributed by atoms with Gasteiger partial charge in [-0.15, -0.1) is 11.3 Å². The number of halogens is 3. The third-order valence-electron chi connectivity index (χ3n) is 7.18. The molecular weight excluding hydrogens is 539 g/mol. The van der Waals surface area contributed by atoms with E-state index >= 15 is 0 Å². The molecule has 1 aliphatic carbocycles. The zero-order chi connectivity index (χ0) is 27.5. The molecule has 204 valence electrons. The second-order valence-corrected chi connectivity index (χ2v) is 13.2. The van der Waals surface area contributed by atoms with Gasteiger partial charge in [0, 0.05) is 10.9 Å². The highest BCUT2D eigenvalue weighted by atomic mass is 32.2. The third kappa shape index (κ3) is 5.18. The number of carbonyl (C=O) groups excluding carboxylic acids is 1. The number of nitrogens with one attached hydrogen (secondary N) is 1. The Morgan fingerprint density at radius 1 is 1.21 bits per heavy atom. The van der Waals surface area contributed by atoms with Gasteiger partial charge in [0.15, 0.2) is 5.01 Å². The van der Waals surface area contributed by atoms with Crippen LogP contribution in [0.3, 0.4) is 0 Å². The molecule has 2 N–H and O–H groups in total. The summed E-state index contributed by atoms with van der Waals surface area (Å²) in [7, 11) is -4.49. The van der Waals surface area contributed by atoms with Crippen LogP contribution in [0.5, 0.6) is 0 Å². The first kappa shape index (κ1) is 27.0. The number of hydrogen-bond acceptors (Lipinski definition) is 6. The molecular formula is C26H28F3N3O4S2. The van der Waals surface area contributed by atoms with Crippen molar-refractivity contribution in [2.75, 3.05) is 13.1 Å². The van der Waals surface area contributed by atoms with Crippen molar-refractivity contribution in [2.24, 2.45) is 5.92 Å². The summed E-state index contributed by atoms with van der Waals surface area (Å²) in [5.41, 5.74) is 0.504. The van der Waals surface area contributed by atoms with E-state index in [0.717, 1.165) is 36.8 Å². The smallest absolute Gasteiger partial charge is 0.386 e. The molecule has 2 heterocycles. The van der Waals surface area contributed by atoms with Gasteiger partial charge in [0.25, 0.3) is 5.91 Å². The molecule has 1 amide bonds. The van der Waals surface area contributed by atoms with Gasteiger partial charge >= 0.3 is 6.18 Å². The van der Waals surface area contributed by atoms with Gasteiger partial charge < -0.3 is 10.0 Å². The summed E-state index contributed by atoms with van der Waals surface area (Å²) in [4.78, 5) is 19.8.